The summed E-state index contributed by atoms with van der Waals surface area (Å²) in [7, 11) is 0. The van der Waals surface area contributed by atoms with Crippen LogP contribution in [-0.2, 0) is 23.8 Å². The van der Waals surface area contributed by atoms with Crippen LogP contribution in [-0.4, -0.2) is 37.3 Å². The van der Waals surface area contributed by atoms with Crippen LogP contribution >= 0.6 is 0 Å². The summed E-state index contributed by atoms with van der Waals surface area (Å²) >= 11 is 0. The largest absolute Gasteiger partial charge is 0.487 e. The molecule has 0 spiro atoms. The van der Waals surface area contributed by atoms with Crippen molar-refractivity contribution in [3.05, 3.63) is 5.76 Å². The van der Waals surface area contributed by atoms with E-state index < -0.39 is 5.41 Å². The number of carbonyl (C=O) groups is 1. The number of carbonyl (C=O) groups excluding carboxylic acids is 2. The molecule has 0 unspecified atom stereocenters. The van der Waals surface area contributed by atoms with Gasteiger partial charge in [0.05, 0.1) is 24.2 Å². The van der Waals surface area contributed by atoms with Gasteiger partial charge in [-0.3, -0.25) is 4.79 Å². The first-order valence-electron chi connectivity index (χ1n) is 8.86. The lowest BCUT2D eigenvalue weighted by Gasteiger charge is -2.24. The summed E-state index contributed by atoms with van der Waals surface area (Å²) in [5.41, 5.74) is -0.759. The van der Waals surface area contributed by atoms with E-state index in [1.165, 1.54) is 0 Å². The zero-order valence-corrected chi connectivity index (χ0v) is 16.2. The molecule has 0 aliphatic heterocycles. The molecule has 0 amide bonds. The summed E-state index contributed by atoms with van der Waals surface area (Å²) in [6.45, 7) is 13.0. The van der Waals surface area contributed by atoms with Crippen LogP contribution in [0.1, 0.15) is 73.6 Å². The summed E-state index contributed by atoms with van der Waals surface area (Å²) in [6.07, 6.45) is 3.57. The number of allylic oxidation sites excluding steroid dienone is 1. The van der Waals surface area contributed by atoms with E-state index in [4.69, 9.17) is 14.2 Å². The quantitative estimate of drug-likeness (QED) is 0.218. The van der Waals surface area contributed by atoms with Crippen LogP contribution < -0.4 is 0 Å². The van der Waals surface area contributed by atoms with Crippen molar-refractivity contribution in [1.29, 1.82) is 0 Å². The fourth-order valence-corrected chi connectivity index (χ4v) is 2.32. The van der Waals surface area contributed by atoms with Crippen LogP contribution in [0, 0.1) is 5.41 Å². The van der Waals surface area contributed by atoms with Gasteiger partial charge in [-0.15, -0.1) is 0 Å². The topological polar surface area (TPSA) is 61.8 Å². The molecule has 0 bridgehead atoms. The number of ether oxygens (including phenoxy) is 3. The normalized spacial score (nSPS) is 11.8. The molecule has 140 valence electrons. The molecular formula is C19H34O5. The lowest BCUT2D eigenvalue weighted by molar-refractivity contribution is -0.153. The van der Waals surface area contributed by atoms with Gasteiger partial charge >= 0.3 is 5.97 Å². The Morgan fingerprint density at radius 3 is 2.17 bits per heavy atom. The van der Waals surface area contributed by atoms with Gasteiger partial charge in [-0.05, 0) is 67.2 Å². The minimum Gasteiger partial charge on any atom is -0.487 e. The average molecular weight is 342 g/mol. The number of hydrogen-bond donors (Lipinski definition) is 0. The van der Waals surface area contributed by atoms with Crippen LogP contribution in [0.3, 0.4) is 0 Å². The minimum absolute atomic E-state index is 0.169. The first-order valence-corrected chi connectivity index (χ1v) is 8.86. The highest BCUT2D eigenvalue weighted by Gasteiger charge is 2.28. The van der Waals surface area contributed by atoms with Crippen molar-refractivity contribution in [3.63, 3.8) is 0 Å². The van der Waals surface area contributed by atoms with Crippen molar-refractivity contribution >= 4 is 11.9 Å². The van der Waals surface area contributed by atoms with Gasteiger partial charge < -0.3 is 14.2 Å². The molecule has 0 N–H and O–H groups in total. The van der Waals surface area contributed by atoms with Gasteiger partial charge in [-0.25, -0.2) is 4.79 Å². The number of esters is 1. The van der Waals surface area contributed by atoms with Gasteiger partial charge in [-0.2, -0.15) is 0 Å². The van der Waals surface area contributed by atoms with Crippen molar-refractivity contribution in [2.45, 2.75) is 79.2 Å². The molecule has 5 heteroatoms. The van der Waals surface area contributed by atoms with Crippen molar-refractivity contribution in [1.82, 2.24) is 0 Å². The summed E-state index contributed by atoms with van der Waals surface area (Å²) < 4.78 is 16.2. The highest BCUT2D eigenvalue weighted by molar-refractivity contribution is 5.75. The van der Waals surface area contributed by atoms with E-state index >= 15 is 0 Å². The smallest absolute Gasteiger partial charge is 0.311 e. The SMILES string of the molecule is CCOC(=O)C(C)(C)CCCCOC(=C=O)CCC(C)(C)OCC. The molecule has 24 heavy (non-hydrogen) atoms. The van der Waals surface area contributed by atoms with Gasteiger partial charge in [0.1, 0.15) is 0 Å². The molecule has 0 aromatic rings. The maximum atomic E-state index is 11.8. The fraction of sp³-hybridized carbons (Fsp3) is 0.842. The molecule has 0 heterocycles. The zero-order valence-electron chi connectivity index (χ0n) is 16.2. The third-order valence-corrected chi connectivity index (χ3v) is 3.90. The minimum atomic E-state index is -0.485. The fourth-order valence-electron chi connectivity index (χ4n) is 2.32. The van der Waals surface area contributed by atoms with Gasteiger partial charge in [0.15, 0.2) is 11.7 Å². The lowest BCUT2D eigenvalue weighted by atomic mass is 9.87. The molecule has 0 saturated carbocycles. The second-order valence-corrected chi connectivity index (χ2v) is 7.13. The molecule has 0 saturated heterocycles. The van der Waals surface area contributed by atoms with Crippen LogP contribution in [0.2, 0.25) is 0 Å². The Kier molecular flexibility index (Phi) is 10.7. The molecule has 0 atom stereocenters. The Balaban J connectivity index is 4.05. The molecule has 0 rings (SSSR count). The van der Waals surface area contributed by atoms with E-state index in [0.717, 1.165) is 19.3 Å². The summed E-state index contributed by atoms with van der Waals surface area (Å²) in [5.74, 6) is 2.04. The molecule has 0 aliphatic rings. The second-order valence-electron chi connectivity index (χ2n) is 7.13. The number of hydrogen-bond acceptors (Lipinski definition) is 5. The van der Waals surface area contributed by atoms with Crippen molar-refractivity contribution in [2.24, 2.45) is 5.41 Å². The van der Waals surface area contributed by atoms with Gasteiger partial charge in [0.25, 0.3) is 0 Å². The zero-order chi connectivity index (χ0) is 18.6. The Hall–Kier alpha value is -1.32. The first-order chi connectivity index (χ1) is 11.2. The van der Waals surface area contributed by atoms with Crippen LogP contribution in [0.5, 0.6) is 0 Å². The summed E-state index contributed by atoms with van der Waals surface area (Å²) in [5, 5.41) is 0. The molecular weight excluding hydrogens is 308 g/mol. The summed E-state index contributed by atoms with van der Waals surface area (Å²) in [6, 6.07) is 0. The predicted molar refractivity (Wildman–Crippen MR) is 94.4 cm³/mol. The lowest BCUT2D eigenvalue weighted by Crippen LogP contribution is -2.26. The molecule has 5 nitrogen and oxygen atoms in total. The second kappa shape index (κ2) is 11.3. The van der Waals surface area contributed by atoms with Crippen molar-refractivity contribution in [3.8, 4) is 0 Å². The maximum Gasteiger partial charge on any atom is 0.311 e. The maximum absolute atomic E-state index is 11.8. The molecule has 0 fully saturated rings. The third kappa shape index (κ3) is 9.74. The highest BCUT2D eigenvalue weighted by atomic mass is 16.5. The number of rotatable bonds is 13. The van der Waals surface area contributed by atoms with E-state index in [9.17, 15) is 9.59 Å². The van der Waals surface area contributed by atoms with Gasteiger partial charge in [0.2, 0.25) is 0 Å². The van der Waals surface area contributed by atoms with Crippen molar-refractivity contribution < 1.29 is 23.8 Å². The highest BCUT2D eigenvalue weighted by Crippen LogP contribution is 2.25. The van der Waals surface area contributed by atoms with Gasteiger partial charge in [0, 0.05) is 13.0 Å². The van der Waals surface area contributed by atoms with Crippen LogP contribution in [0.4, 0.5) is 0 Å². The van der Waals surface area contributed by atoms with Crippen LogP contribution in [0.15, 0.2) is 5.76 Å². The average Bonchev–Trinajstić information content (AvgIpc) is 2.50. The Morgan fingerprint density at radius 2 is 1.62 bits per heavy atom. The third-order valence-electron chi connectivity index (χ3n) is 3.90. The Morgan fingerprint density at radius 1 is 0.958 bits per heavy atom. The predicted octanol–water partition coefficient (Wildman–Crippen LogP) is 4.07. The molecule has 0 aromatic carbocycles. The van der Waals surface area contributed by atoms with E-state index in [-0.39, 0.29) is 11.6 Å². The number of unbranched alkanes of at least 4 members (excludes halogenated alkanes) is 1. The van der Waals surface area contributed by atoms with Crippen molar-refractivity contribution in [2.75, 3.05) is 19.8 Å². The Labute approximate surface area is 146 Å². The first kappa shape index (κ1) is 22.7. The molecule has 0 radical (unpaired) electrons. The van der Waals surface area contributed by atoms with E-state index in [0.29, 0.717) is 38.4 Å². The summed E-state index contributed by atoms with van der Waals surface area (Å²) in [4.78, 5) is 22.8. The molecule has 0 aromatic heterocycles. The molecule has 0 aliphatic carbocycles. The van der Waals surface area contributed by atoms with Crippen LogP contribution in [0.25, 0.3) is 0 Å². The van der Waals surface area contributed by atoms with E-state index in [1.807, 2.05) is 47.5 Å². The van der Waals surface area contributed by atoms with E-state index in [2.05, 4.69) is 0 Å². The Bertz CT molecular complexity index is 419. The van der Waals surface area contributed by atoms with E-state index in [1.54, 1.807) is 0 Å². The standard InChI is InChI=1S/C19H34O5/c1-7-22-17(21)18(3,4)12-9-10-14-23-16(15-20)11-13-19(5,6)24-8-2/h7-14H2,1-6H3. The van der Waals surface area contributed by atoms with Gasteiger partial charge in [-0.1, -0.05) is 0 Å². The monoisotopic (exact) mass is 342 g/mol.